The highest BCUT2D eigenvalue weighted by atomic mass is 16.6. The number of benzene rings is 1. The summed E-state index contributed by atoms with van der Waals surface area (Å²) in [4.78, 5) is 42.1. The summed E-state index contributed by atoms with van der Waals surface area (Å²) in [6.45, 7) is 4.04. The molecule has 0 unspecified atom stereocenters. The van der Waals surface area contributed by atoms with Gasteiger partial charge in [-0.3, -0.25) is 9.59 Å². The zero-order valence-electron chi connectivity index (χ0n) is 18.3. The Hall–Kier alpha value is -2.57. The van der Waals surface area contributed by atoms with Crippen LogP contribution in [0.2, 0.25) is 0 Å². The summed E-state index contributed by atoms with van der Waals surface area (Å²) in [6.07, 6.45) is 5.55. The fraction of sp³-hybridized carbons (Fsp3) is 0.625. The van der Waals surface area contributed by atoms with Gasteiger partial charge in [0.05, 0.1) is 12.5 Å². The molecule has 2 atom stereocenters. The highest BCUT2D eigenvalue weighted by Crippen LogP contribution is 2.36. The van der Waals surface area contributed by atoms with Crippen LogP contribution >= 0.6 is 0 Å². The molecule has 0 radical (unpaired) electrons. The second-order valence-corrected chi connectivity index (χ2v) is 8.83. The molecule has 2 heterocycles. The Morgan fingerprint density at radius 1 is 1.00 bits per heavy atom. The average molecular weight is 428 g/mol. The smallest absolute Gasteiger partial charge is 0.409 e. The first-order valence-corrected chi connectivity index (χ1v) is 11.7. The van der Waals surface area contributed by atoms with Gasteiger partial charge in [-0.05, 0) is 50.7 Å². The maximum Gasteiger partial charge on any atom is 0.409 e. The molecular formula is C24H33N3O4. The number of nitrogens with zero attached hydrogens (tertiary/aromatic N) is 2. The van der Waals surface area contributed by atoms with Gasteiger partial charge < -0.3 is 19.9 Å². The van der Waals surface area contributed by atoms with Crippen LogP contribution in [0, 0.1) is 11.8 Å². The fourth-order valence-corrected chi connectivity index (χ4v) is 5.24. The van der Waals surface area contributed by atoms with E-state index in [1.54, 1.807) is 11.8 Å². The van der Waals surface area contributed by atoms with Crippen molar-refractivity contribution in [3.63, 3.8) is 0 Å². The standard InChI is InChI=1S/C24H33N3O4/c1-2-31-24(30)26-14-12-18(13-15-26)25-22(28)19-8-4-5-9-20(19)23(29)27-16-11-17-7-3-6-10-21(17)27/h3,6-7,10,18-20H,2,4-5,8-9,11-16H2,1H3,(H,25,28)/t19-,20+/m1/s1. The third-order valence-corrected chi connectivity index (χ3v) is 6.94. The molecule has 3 aliphatic rings. The van der Waals surface area contributed by atoms with E-state index in [1.807, 2.05) is 23.1 Å². The van der Waals surface area contributed by atoms with Crippen molar-refractivity contribution in [2.75, 3.05) is 31.1 Å². The molecule has 1 saturated heterocycles. The molecule has 31 heavy (non-hydrogen) atoms. The van der Waals surface area contributed by atoms with Crippen LogP contribution in [-0.2, 0) is 20.7 Å². The van der Waals surface area contributed by atoms with Crippen LogP contribution in [0.4, 0.5) is 10.5 Å². The van der Waals surface area contributed by atoms with Gasteiger partial charge in [0.25, 0.3) is 0 Å². The molecular weight excluding hydrogens is 394 g/mol. The third kappa shape index (κ3) is 4.70. The van der Waals surface area contributed by atoms with Gasteiger partial charge in [-0.1, -0.05) is 31.0 Å². The Bertz CT molecular complexity index is 819. The molecule has 1 saturated carbocycles. The largest absolute Gasteiger partial charge is 0.450 e. The highest BCUT2D eigenvalue weighted by Gasteiger charge is 2.40. The van der Waals surface area contributed by atoms with Gasteiger partial charge in [0.2, 0.25) is 11.8 Å². The normalized spacial score (nSPS) is 23.9. The van der Waals surface area contributed by atoms with Crippen molar-refractivity contribution in [2.24, 2.45) is 11.8 Å². The molecule has 168 valence electrons. The summed E-state index contributed by atoms with van der Waals surface area (Å²) in [6, 6.07) is 8.12. The van der Waals surface area contributed by atoms with Crippen molar-refractivity contribution in [1.29, 1.82) is 0 Å². The van der Waals surface area contributed by atoms with Gasteiger partial charge in [-0.15, -0.1) is 0 Å². The summed E-state index contributed by atoms with van der Waals surface area (Å²) < 4.78 is 5.06. The fourth-order valence-electron chi connectivity index (χ4n) is 5.24. The number of anilines is 1. The van der Waals surface area contributed by atoms with Crippen LogP contribution < -0.4 is 10.2 Å². The van der Waals surface area contributed by atoms with E-state index in [9.17, 15) is 14.4 Å². The molecule has 1 aromatic rings. The molecule has 3 amide bonds. The van der Waals surface area contributed by atoms with Gasteiger partial charge >= 0.3 is 6.09 Å². The van der Waals surface area contributed by atoms with Crippen LogP contribution in [0.15, 0.2) is 24.3 Å². The maximum atomic E-state index is 13.4. The van der Waals surface area contributed by atoms with Crippen LogP contribution in [0.5, 0.6) is 0 Å². The van der Waals surface area contributed by atoms with Gasteiger partial charge in [0.1, 0.15) is 0 Å². The van der Waals surface area contributed by atoms with Crippen LogP contribution in [0.1, 0.15) is 51.0 Å². The predicted octanol–water partition coefficient (Wildman–Crippen LogP) is 3.12. The lowest BCUT2D eigenvalue weighted by Gasteiger charge is -2.35. The number of para-hydroxylation sites is 1. The van der Waals surface area contributed by atoms with Gasteiger partial charge in [-0.25, -0.2) is 4.79 Å². The Morgan fingerprint density at radius 2 is 1.71 bits per heavy atom. The summed E-state index contributed by atoms with van der Waals surface area (Å²) >= 11 is 0. The quantitative estimate of drug-likeness (QED) is 0.801. The monoisotopic (exact) mass is 427 g/mol. The molecule has 4 rings (SSSR count). The zero-order chi connectivity index (χ0) is 21.8. The molecule has 7 heteroatoms. The molecule has 2 fully saturated rings. The molecule has 0 spiro atoms. The van der Waals surface area contributed by atoms with Crippen molar-refractivity contribution in [3.8, 4) is 0 Å². The van der Waals surface area contributed by atoms with Crippen molar-refractivity contribution in [1.82, 2.24) is 10.2 Å². The number of carbonyl (C=O) groups excluding carboxylic acids is 3. The van der Waals surface area contributed by atoms with Gasteiger partial charge in [0.15, 0.2) is 0 Å². The Balaban J connectivity index is 1.36. The molecule has 1 aliphatic carbocycles. The summed E-state index contributed by atoms with van der Waals surface area (Å²) in [5, 5.41) is 3.19. The number of ether oxygens (including phenoxy) is 1. The molecule has 1 N–H and O–H groups in total. The molecule has 1 aromatic carbocycles. The van der Waals surface area contributed by atoms with E-state index in [0.717, 1.165) is 50.6 Å². The second kappa shape index (κ2) is 9.71. The van der Waals surface area contributed by atoms with E-state index in [0.29, 0.717) is 26.2 Å². The minimum absolute atomic E-state index is 0.000108. The summed E-state index contributed by atoms with van der Waals surface area (Å²) in [5.74, 6) is -0.418. The van der Waals surface area contributed by atoms with E-state index < -0.39 is 0 Å². The van der Waals surface area contributed by atoms with Gasteiger partial charge in [0, 0.05) is 37.3 Å². The topological polar surface area (TPSA) is 79.0 Å². The number of hydrogen-bond acceptors (Lipinski definition) is 4. The van der Waals surface area contributed by atoms with E-state index in [2.05, 4.69) is 11.4 Å². The first-order chi connectivity index (χ1) is 15.1. The van der Waals surface area contributed by atoms with Crippen molar-refractivity contribution >= 4 is 23.6 Å². The van der Waals surface area contributed by atoms with Gasteiger partial charge in [-0.2, -0.15) is 0 Å². The highest BCUT2D eigenvalue weighted by molar-refractivity contribution is 5.99. The number of hydrogen-bond donors (Lipinski definition) is 1. The summed E-state index contributed by atoms with van der Waals surface area (Å²) in [5.41, 5.74) is 2.21. The van der Waals surface area contributed by atoms with Crippen LogP contribution in [0.3, 0.4) is 0 Å². The average Bonchev–Trinajstić information content (AvgIpc) is 3.23. The number of piperidine rings is 1. The SMILES string of the molecule is CCOC(=O)N1CCC(NC(=O)[C@@H]2CCCC[C@@H]2C(=O)N2CCc3ccccc32)CC1. The number of rotatable bonds is 4. The second-order valence-electron chi connectivity index (χ2n) is 8.83. The lowest BCUT2D eigenvalue weighted by atomic mass is 9.77. The Labute approximate surface area is 184 Å². The number of nitrogens with one attached hydrogen (secondary N) is 1. The Kier molecular flexibility index (Phi) is 6.78. The van der Waals surface area contributed by atoms with E-state index >= 15 is 0 Å². The minimum Gasteiger partial charge on any atom is -0.450 e. The van der Waals surface area contributed by atoms with Crippen molar-refractivity contribution in [2.45, 2.75) is 57.9 Å². The summed E-state index contributed by atoms with van der Waals surface area (Å²) in [7, 11) is 0. The number of likely N-dealkylation sites (tertiary alicyclic amines) is 1. The molecule has 2 aliphatic heterocycles. The number of fused-ring (bicyclic) bond motifs is 1. The Morgan fingerprint density at radius 3 is 2.45 bits per heavy atom. The van der Waals surface area contributed by atoms with Crippen molar-refractivity contribution in [3.05, 3.63) is 29.8 Å². The maximum absolute atomic E-state index is 13.4. The first kappa shape index (κ1) is 21.7. The van der Waals surface area contributed by atoms with Crippen LogP contribution in [-0.4, -0.2) is 55.1 Å². The van der Waals surface area contributed by atoms with E-state index in [-0.39, 0.29) is 35.8 Å². The first-order valence-electron chi connectivity index (χ1n) is 11.7. The molecule has 0 aromatic heterocycles. The van der Waals surface area contributed by atoms with E-state index in [4.69, 9.17) is 4.74 Å². The molecule has 7 nitrogen and oxygen atoms in total. The van der Waals surface area contributed by atoms with E-state index in [1.165, 1.54) is 5.56 Å². The minimum atomic E-state index is -0.281. The van der Waals surface area contributed by atoms with Crippen LogP contribution in [0.25, 0.3) is 0 Å². The predicted molar refractivity (Wildman–Crippen MR) is 118 cm³/mol. The third-order valence-electron chi connectivity index (χ3n) is 6.94. The lowest BCUT2D eigenvalue weighted by Crippen LogP contribution is -2.50. The van der Waals surface area contributed by atoms with Crippen molar-refractivity contribution < 1.29 is 19.1 Å². The molecule has 0 bridgehead atoms. The lowest BCUT2D eigenvalue weighted by molar-refractivity contribution is -0.135. The number of carbonyl (C=O) groups is 3. The number of amides is 3. The zero-order valence-corrected chi connectivity index (χ0v) is 18.3.